The van der Waals surface area contributed by atoms with Crippen LogP contribution in [0.15, 0.2) is 53.7 Å². The van der Waals surface area contributed by atoms with Gasteiger partial charge >= 0.3 is 0 Å². The molecule has 1 aromatic heterocycles. The molecule has 6 heteroatoms. The van der Waals surface area contributed by atoms with Gasteiger partial charge in [-0.05, 0) is 49.8 Å². The average molecular weight is 421 g/mol. The molecule has 5 nitrogen and oxygen atoms in total. The molecule has 3 aromatic rings. The molecule has 1 heterocycles. The van der Waals surface area contributed by atoms with Crippen LogP contribution in [0.5, 0.6) is 0 Å². The van der Waals surface area contributed by atoms with Crippen molar-refractivity contribution >= 4 is 17.7 Å². The van der Waals surface area contributed by atoms with Gasteiger partial charge < -0.3 is 9.88 Å². The summed E-state index contributed by atoms with van der Waals surface area (Å²) in [6, 6.07) is 16.8. The normalized spacial score (nSPS) is 15.6. The van der Waals surface area contributed by atoms with Gasteiger partial charge in [0.2, 0.25) is 5.91 Å². The van der Waals surface area contributed by atoms with E-state index < -0.39 is 0 Å². The standard InChI is InChI=1S/C24H28N4OS/c1-3-14-28-23(19-11-6-8-17(2)15-19)26-27-24(28)30-16-22(29)25-21-13-7-10-18-9-4-5-12-20(18)21/h4-6,8-9,11-12,15,21H,3,7,10,13-14,16H2,1-2H3,(H,25,29)/t21-/m0/s1. The summed E-state index contributed by atoms with van der Waals surface area (Å²) in [6.45, 7) is 5.05. The monoisotopic (exact) mass is 420 g/mol. The molecule has 0 radical (unpaired) electrons. The van der Waals surface area contributed by atoms with Gasteiger partial charge in [0, 0.05) is 12.1 Å². The lowest BCUT2D eigenvalue weighted by molar-refractivity contribution is -0.119. The topological polar surface area (TPSA) is 59.8 Å². The van der Waals surface area contributed by atoms with Gasteiger partial charge in [-0.2, -0.15) is 0 Å². The number of fused-ring (bicyclic) bond motifs is 1. The number of benzene rings is 2. The van der Waals surface area contributed by atoms with Crippen molar-refractivity contribution < 1.29 is 4.79 Å². The maximum Gasteiger partial charge on any atom is 0.230 e. The Labute approximate surface area is 182 Å². The molecule has 4 rings (SSSR count). The first-order chi connectivity index (χ1) is 14.7. The maximum atomic E-state index is 12.7. The summed E-state index contributed by atoms with van der Waals surface area (Å²) in [4.78, 5) is 12.7. The largest absolute Gasteiger partial charge is 0.349 e. The predicted molar refractivity (Wildman–Crippen MR) is 121 cm³/mol. The van der Waals surface area contributed by atoms with Crippen LogP contribution in [0.1, 0.15) is 48.9 Å². The van der Waals surface area contributed by atoms with Crippen LogP contribution in [0.4, 0.5) is 0 Å². The first-order valence-electron chi connectivity index (χ1n) is 10.7. The molecule has 0 fully saturated rings. The molecule has 156 valence electrons. The van der Waals surface area contributed by atoms with E-state index in [4.69, 9.17) is 0 Å². The fourth-order valence-corrected chi connectivity index (χ4v) is 4.86. The van der Waals surface area contributed by atoms with Gasteiger partial charge in [0.25, 0.3) is 0 Å². The summed E-state index contributed by atoms with van der Waals surface area (Å²) in [5.74, 6) is 1.25. The number of nitrogens with one attached hydrogen (secondary N) is 1. The van der Waals surface area contributed by atoms with Gasteiger partial charge in [-0.1, -0.05) is 66.7 Å². The van der Waals surface area contributed by atoms with E-state index in [0.717, 1.165) is 48.8 Å². The Morgan fingerprint density at radius 2 is 2.07 bits per heavy atom. The number of aromatic nitrogens is 3. The number of carbonyl (C=O) groups is 1. The highest BCUT2D eigenvalue weighted by Crippen LogP contribution is 2.30. The SMILES string of the molecule is CCCn1c(SCC(=O)N[C@H]2CCCc3ccccc32)nnc1-c1cccc(C)c1. The summed E-state index contributed by atoms with van der Waals surface area (Å²) in [5, 5.41) is 12.8. The minimum Gasteiger partial charge on any atom is -0.349 e. The summed E-state index contributed by atoms with van der Waals surface area (Å²) < 4.78 is 2.13. The van der Waals surface area contributed by atoms with Gasteiger partial charge in [0.15, 0.2) is 11.0 Å². The van der Waals surface area contributed by atoms with Crippen molar-refractivity contribution in [3.05, 3.63) is 65.2 Å². The number of thioether (sulfide) groups is 1. The minimum absolute atomic E-state index is 0.0462. The molecule has 0 unspecified atom stereocenters. The van der Waals surface area contributed by atoms with Crippen molar-refractivity contribution in [2.24, 2.45) is 0 Å². The van der Waals surface area contributed by atoms with Crippen LogP contribution >= 0.6 is 11.8 Å². The first kappa shape index (κ1) is 20.7. The van der Waals surface area contributed by atoms with Crippen LogP contribution in [-0.2, 0) is 17.8 Å². The van der Waals surface area contributed by atoms with Gasteiger partial charge in [0.1, 0.15) is 0 Å². The van der Waals surface area contributed by atoms with E-state index in [2.05, 4.69) is 76.4 Å². The molecule has 0 bridgehead atoms. The smallest absolute Gasteiger partial charge is 0.230 e. The van der Waals surface area contributed by atoms with E-state index in [0.29, 0.717) is 5.75 Å². The number of amides is 1. The molecule has 1 atom stereocenters. The average Bonchev–Trinajstić information content (AvgIpc) is 3.15. The lowest BCUT2D eigenvalue weighted by atomic mass is 9.88. The van der Waals surface area contributed by atoms with Crippen molar-refractivity contribution in [1.82, 2.24) is 20.1 Å². The molecule has 0 aliphatic heterocycles. The van der Waals surface area contributed by atoms with E-state index >= 15 is 0 Å². The second kappa shape index (κ2) is 9.47. The third-order valence-corrected chi connectivity index (χ3v) is 6.44. The molecule has 1 amide bonds. The van der Waals surface area contributed by atoms with Gasteiger partial charge in [-0.3, -0.25) is 4.79 Å². The highest BCUT2D eigenvalue weighted by atomic mass is 32.2. The maximum absolute atomic E-state index is 12.7. The summed E-state index contributed by atoms with van der Waals surface area (Å²) in [7, 11) is 0. The third kappa shape index (κ3) is 4.59. The Bertz CT molecular complexity index is 1030. The number of hydrogen-bond acceptors (Lipinski definition) is 4. The number of carbonyl (C=O) groups excluding carboxylic acids is 1. The second-order valence-electron chi connectivity index (χ2n) is 7.83. The van der Waals surface area contributed by atoms with Gasteiger partial charge in [-0.25, -0.2) is 0 Å². The Kier molecular flexibility index (Phi) is 6.53. The molecule has 0 spiro atoms. The molecule has 2 aromatic carbocycles. The fraction of sp³-hybridized carbons (Fsp3) is 0.375. The van der Waals surface area contributed by atoms with Crippen molar-refractivity contribution in [2.75, 3.05) is 5.75 Å². The van der Waals surface area contributed by atoms with Crippen LogP contribution in [0, 0.1) is 6.92 Å². The summed E-state index contributed by atoms with van der Waals surface area (Å²) in [5.41, 5.74) is 4.87. The van der Waals surface area contributed by atoms with Gasteiger partial charge in [-0.15, -0.1) is 10.2 Å². The molecule has 1 N–H and O–H groups in total. The predicted octanol–water partition coefficient (Wildman–Crippen LogP) is 4.95. The number of rotatable bonds is 7. The van der Waals surface area contributed by atoms with Crippen molar-refractivity contribution in [1.29, 1.82) is 0 Å². The molecule has 0 saturated carbocycles. The highest BCUT2D eigenvalue weighted by Gasteiger charge is 2.22. The Morgan fingerprint density at radius 3 is 2.90 bits per heavy atom. The van der Waals surface area contributed by atoms with Crippen LogP contribution in [0.2, 0.25) is 0 Å². The van der Waals surface area contributed by atoms with E-state index in [1.54, 1.807) is 0 Å². The zero-order valence-corrected chi connectivity index (χ0v) is 18.4. The van der Waals surface area contributed by atoms with Gasteiger partial charge in [0.05, 0.1) is 11.8 Å². The lowest BCUT2D eigenvalue weighted by Gasteiger charge is -2.26. The van der Waals surface area contributed by atoms with Crippen molar-refractivity contribution in [3.63, 3.8) is 0 Å². The fourth-order valence-electron chi connectivity index (χ4n) is 4.09. The van der Waals surface area contributed by atoms with Crippen LogP contribution in [0.25, 0.3) is 11.4 Å². The number of aryl methyl sites for hydroxylation is 2. The molecule has 1 aliphatic rings. The third-order valence-electron chi connectivity index (χ3n) is 5.48. The van der Waals surface area contributed by atoms with E-state index in [9.17, 15) is 4.79 Å². The summed E-state index contributed by atoms with van der Waals surface area (Å²) >= 11 is 1.46. The molecular formula is C24H28N4OS. The number of hydrogen-bond donors (Lipinski definition) is 1. The van der Waals surface area contributed by atoms with E-state index in [1.165, 1.54) is 28.5 Å². The van der Waals surface area contributed by atoms with Crippen LogP contribution in [0.3, 0.4) is 0 Å². The first-order valence-corrected chi connectivity index (χ1v) is 11.6. The van der Waals surface area contributed by atoms with E-state index in [-0.39, 0.29) is 11.9 Å². The molecular weight excluding hydrogens is 392 g/mol. The lowest BCUT2D eigenvalue weighted by Crippen LogP contribution is -2.32. The second-order valence-corrected chi connectivity index (χ2v) is 8.77. The zero-order chi connectivity index (χ0) is 20.9. The zero-order valence-electron chi connectivity index (χ0n) is 17.6. The van der Waals surface area contributed by atoms with Crippen molar-refractivity contribution in [2.45, 2.75) is 57.3 Å². The molecule has 1 aliphatic carbocycles. The number of nitrogens with zero attached hydrogens (tertiary/aromatic N) is 3. The molecule has 0 saturated heterocycles. The quantitative estimate of drug-likeness (QED) is 0.550. The van der Waals surface area contributed by atoms with Crippen LogP contribution in [-0.4, -0.2) is 26.4 Å². The minimum atomic E-state index is 0.0462. The Balaban J connectivity index is 1.44. The Morgan fingerprint density at radius 1 is 1.20 bits per heavy atom. The van der Waals surface area contributed by atoms with Crippen molar-refractivity contribution in [3.8, 4) is 11.4 Å². The highest BCUT2D eigenvalue weighted by molar-refractivity contribution is 7.99. The Hall–Kier alpha value is -2.60. The summed E-state index contributed by atoms with van der Waals surface area (Å²) in [6.07, 6.45) is 4.19. The molecule has 30 heavy (non-hydrogen) atoms. The van der Waals surface area contributed by atoms with Crippen LogP contribution < -0.4 is 5.32 Å². The van der Waals surface area contributed by atoms with E-state index in [1.807, 2.05) is 6.07 Å².